The molecule has 0 spiro atoms. The van der Waals surface area contributed by atoms with Crippen LogP contribution in [0.1, 0.15) is 22.5 Å². The van der Waals surface area contributed by atoms with Crippen molar-refractivity contribution in [3.63, 3.8) is 0 Å². The fourth-order valence-electron chi connectivity index (χ4n) is 3.20. The van der Waals surface area contributed by atoms with E-state index in [4.69, 9.17) is 46.4 Å². The van der Waals surface area contributed by atoms with E-state index in [0.29, 0.717) is 33.8 Å². The van der Waals surface area contributed by atoms with Gasteiger partial charge in [0.25, 0.3) is 0 Å². The van der Waals surface area contributed by atoms with E-state index in [1.807, 2.05) is 0 Å². The van der Waals surface area contributed by atoms with Crippen LogP contribution in [0.4, 0.5) is 0 Å². The summed E-state index contributed by atoms with van der Waals surface area (Å²) in [6.45, 7) is 0. The Balaban J connectivity index is 1.70. The molecule has 138 valence electrons. The SMILES string of the molecule is O=C1C=c2c(c(O)n3c(Cl)c(Cl)cc23)C(=O)/C1=C/CCc1cc(Cl)c(Cl)[nH]1. The molecule has 1 aliphatic rings. The second-order valence-electron chi connectivity index (χ2n) is 6.07. The fraction of sp³-hybridized carbons (Fsp3) is 0.111. The molecule has 0 radical (unpaired) electrons. The maximum atomic E-state index is 12.8. The maximum Gasteiger partial charge on any atom is 0.209 e. The summed E-state index contributed by atoms with van der Waals surface area (Å²) in [5.41, 5.74) is 1.24. The molecule has 0 fully saturated rings. The first-order valence-electron chi connectivity index (χ1n) is 7.84. The number of ketones is 2. The van der Waals surface area contributed by atoms with Crippen molar-refractivity contribution in [2.24, 2.45) is 0 Å². The van der Waals surface area contributed by atoms with Gasteiger partial charge >= 0.3 is 0 Å². The number of carbonyl (C=O) groups is 2. The summed E-state index contributed by atoms with van der Waals surface area (Å²) in [6.07, 6.45) is 3.78. The molecule has 27 heavy (non-hydrogen) atoms. The summed E-state index contributed by atoms with van der Waals surface area (Å²) < 4.78 is 1.25. The molecule has 3 aromatic rings. The summed E-state index contributed by atoms with van der Waals surface area (Å²) in [4.78, 5) is 28.2. The summed E-state index contributed by atoms with van der Waals surface area (Å²) in [5, 5.41) is 11.8. The number of nitrogens with one attached hydrogen (secondary N) is 1. The number of allylic oxidation sites excluding steroid dienone is 2. The van der Waals surface area contributed by atoms with Crippen LogP contribution in [0.3, 0.4) is 0 Å². The lowest BCUT2D eigenvalue weighted by molar-refractivity contribution is -0.109. The van der Waals surface area contributed by atoms with Crippen molar-refractivity contribution in [1.82, 2.24) is 9.38 Å². The first kappa shape index (κ1) is 18.4. The number of fused-ring (bicyclic) bond motifs is 3. The molecule has 0 atom stereocenters. The van der Waals surface area contributed by atoms with E-state index in [1.54, 1.807) is 12.1 Å². The number of rotatable bonds is 3. The lowest BCUT2D eigenvalue weighted by Crippen LogP contribution is -2.25. The highest BCUT2D eigenvalue weighted by Crippen LogP contribution is 2.33. The minimum absolute atomic E-state index is 0.00276. The Bertz CT molecular complexity index is 1200. The Morgan fingerprint density at radius 1 is 1.11 bits per heavy atom. The quantitative estimate of drug-likeness (QED) is 0.465. The van der Waals surface area contributed by atoms with Crippen molar-refractivity contribution in [2.75, 3.05) is 0 Å². The minimum atomic E-state index is -0.548. The number of aromatic nitrogens is 2. The van der Waals surface area contributed by atoms with Crippen LogP contribution in [0.2, 0.25) is 20.4 Å². The van der Waals surface area contributed by atoms with Crippen molar-refractivity contribution in [2.45, 2.75) is 12.8 Å². The van der Waals surface area contributed by atoms with Gasteiger partial charge in [-0.25, -0.2) is 0 Å². The number of Topliss-reactive ketones (excluding diaryl/α,β-unsaturated/α-hetero) is 2. The third-order valence-electron chi connectivity index (χ3n) is 4.43. The van der Waals surface area contributed by atoms with Crippen LogP contribution in [-0.2, 0) is 11.2 Å². The molecular formula is C18H10Cl4N2O3. The van der Waals surface area contributed by atoms with E-state index >= 15 is 0 Å². The highest BCUT2D eigenvalue weighted by Gasteiger charge is 2.31. The number of halogens is 4. The predicted octanol–water partition coefficient (Wildman–Crippen LogP) is 4.41. The molecule has 0 unspecified atom stereocenters. The van der Waals surface area contributed by atoms with Gasteiger partial charge in [-0.05, 0) is 31.1 Å². The predicted molar refractivity (Wildman–Crippen MR) is 105 cm³/mol. The van der Waals surface area contributed by atoms with Crippen molar-refractivity contribution in [1.29, 1.82) is 0 Å². The summed E-state index contributed by atoms with van der Waals surface area (Å²) in [6, 6.07) is 3.20. The number of hydrogen-bond acceptors (Lipinski definition) is 3. The molecule has 0 aliphatic heterocycles. The van der Waals surface area contributed by atoms with E-state index in [2.05, 4.69) is 4.98 Å². The Labute approximate surface area is 172 Å². The minimum Gasteiger partial charge on any atom is -0.494 e. The lowest BCUT2D eigenvalue weighted by atomic mass is 9.93. The molecule has 0 saturated heterocycles. The van der Waals surface area contributed by atoms with Crippen molar-refractivity contribution in [3.8, 4) is 5.88 Å². The number of aromatic amines is 1. The molecule has 5 nitrogen and oxygen atoms in total. The van der Waals surface area contributed by atoms with Gasteiger partial charge < -0.3 is 10.1 Å². The highest BCUT2D eigenvalue weighted by atomic mass is 35.5. The van der Waals surface area contributed by atoms with Gasteiger partial charge in [-0.2, -0.15) is 0 Å². The van der Waals surface area contributed by atoms with E-state index in [9.17, 15) is 14.7 Å². The molecule has 1 aliphatic carbocycles. The average molecular weight is 444 g/mol. The summed E-state index contributed by atoms with van der Waals surface area (Å²) in [5.74, 6) is -1.32. The molecule has 3 aromatic heterocycles. The molecule has 2 N–H and O–H groups in total. The molecule has 0 amide bonds. The Morgan fingerprint density at radius 2 is 1.85 bits per heavy atom. The van der Waals surface area contributed by atoms with Crippen LogP contribution in [0.15, 0.2) is 23.8 Å². The molecule has 0 aromatic carbocycles. The van der Waals surface area contributed by atoms with Gasteiger partial charge in [-0.15, -0.1) is 0 Å². The normalized spacial score (nSPS) is 15.6. The van der Waals surface area contributed by atoms with Gasteiger partial charge in [0.2, 0.25) is 11.7 Å². The summed E-state index contributed by atoms with van der Waals surface area (Å²) in [7, 11) is 0. The highest BCUT2D eigenvalue weighted by molar-refractivity contribution is 6.43. The van der Waals surface area contributed by atoms with Crippen LogP contribution in [0.25, 0.3) is 11.6 Å². The Hall–Kier alpha value is -1.92. The zero-order valence-electron chi connectivity index (χ0n) is 13.4. The molecule has 9 heteroatoms. The van der Waals surface area contributed by atoms with Crippen LogP contribution in [0, 0.1) is 0 Å². The van der Waals surface area contributed by atoms with Crippen LogP contribution >= 0.6 is 46.4 Å². The summed E-state index contributed by atoms with van der Waals surface area (Å²) >= 11 is 23.8. The number of aromatic hydroxyl groups is 1. The number of carbonyl (C=O) groups excluding carboxylic acids is 2. The average Bonchev–Trinajstić information content (AvgIpc) is 3.18. The molecule has 4 rings (SSSR count). The number of aryl methyl sites for hydroxylation is 1. The molecule has 0 saturated carbocycles. The Morgan fingerprint density at radius 3 is 2.52 bits per heavy atom. The largest absolute Gasteiger partial charge is 0.494 e. The monoisotopic (exact) mass is 442 g/mol. The van der Waals surface area contributed by atoms with E-state index in [1.165, 1.54) is 16.5 Å². The first-order valence-corrected chi connectivity index (χ1v) is 9.35. The van der Waals surface area contributed by atoms with Crippen LogP contribution in [0.5, 0.6) is 5.88 Å². The van der Waals surface area contributed by atoms with Gasteiger partial charge in [0.15, 0.2) is 5.78 Å². The number of nitrogens with zero attached hydrogens (tertiary/aromatic N) is 1. The van der Waals surface area contributed by atoms with E-state index < -0.39 is 11.6 Å². The van der Waals surface area contributed by atoms with Gasteiger partial charge in [0.05, 0.1) is 26.7 Å². The zero-order chi connectivity index (χ0) is 19.5. The van der Waals surface area contributed by atoms with E-state index in [0.717, 1.165) is 5.69 Å². The topological polar surface area (TPSA) is 74.6 Å². The second-order valence-corrected chi connectivity index (χ2v) is 7.62. The Kier molecular flexibility index (Phi) is 4.51. The van der Waals surface area contributed by atoms with Crippen LogP contribution < -0.4 is 5.22 Å². The third-order valence-corrected chi connectivity index (χ3v) is 5.88. The van der Waals surface area contributed by atoms with Gasteiger partial charge in [-0.3, -0.25) is 14.0 Å². The molecule has 0 bridgehead atoms. The van der Waals surface area contributed by atoms with E-state index in [-0.39, 0.29) is 27.2 Å². The number of hydrogen-bond donors (Lipinski definition) is 2. The van der Waals surface area contributed by atoms with Gasteiger partial charge in [-0.1, -0.05) is 52.5 Å². The smallest absolute Gasteiger partial charge is 0.209 e. The first-order chi connectivity index (χ1) is 12.8. The third kappa shape index (κ3) is 2.86. The fourth-order valence-corrected chi connectivity index (χ4v) is 3.97. The van der Waals surface area contributed by atoms with Gasteiger partial charge in [0, 0.05) is 10.9 Å². The maximum absolute atomic E-state index is 12.8. The zero-order valence-corrected chi connectivity index (χ0v) is 16.5. The van der Waals surface area contributed by atoms with Crippen molar-refractivity contribution < 1.29 is 14.7 Å². The van der Waals surface area contributed by atoms with Crippen molar-refractivity contribution >= 4 is 69.6 Å². The van der Waals surface area contributed by atoms with Crippen molar-refractivity contribution in [3.05, 3.63) is 60.6 Å². The van der Waals surface area contributed by atoms with Crippen LogP contribution in [-0.4, -0.2) is 26.1 Å². The standard InChI is InChI=1S/C18H10Cl4N2O3/c19-10-4-7(23-16(10)21)2-1-3-8-13(25)5-9-12-6-11(20)17(22)24(12)18(27)14(9)15(8)26/h3-6,23,27H,1-2H2/b8-3+. The van der Waals surface area contributed by atoms with Gasteiger partial charge in [0.1, 0.15) is 10.3 Å². The lowest BCUT2D eigenvalue weighted by Gasteiger charge is -2.08. The second kappa shape index (κ2) is 6.60. The molecule has 3 heterocycles. The molecular weight excluding hydrogens is 434 g/mol. The number of H-pyrrole nitrogens is 1.